The van der Waals surface area contributed by atoms with Gasteiger partial charge in [0.25, 0.3) is 0 Å². The van der Waals surface area contributed by atoms with Crippen LogP contribution in [0.4, 0.5) is 0 Å². The van der Waals surface area contributed by atoms with Crippen LogP contribution >= 0.6 is 0 Å². The van der Waals surface area contributed by atoms with E-state index in [9.17, 15) is 9.59 Å². The molecule has 0 bridgehead atoms. The molecule has 0 saturated heterocycles. The van der Waals surface area contributed by atoms with Gasteiger partial charge in [-0.05, 0) is 55.4 Å². The number of Topliss-reactive ketones (excluding diaryl/α,β-unsaturated/α-hetero) is 1. The molecule has 3 aromatic heterocycles. The number of pyridine rings is 1. The Morgan fingerprint density at radius 1 is 1.10 bits per heavy atom. The van der Waals surface area contributed by atoms with E-state index in [-0.39, 0.29) is 23.4 Å². The zero-order valence-corrected chi connectivity index (χ0v) is 23.0. The molecule has 0 aliphatic heterocycles. The van der Waals surface area contributed by atoms with Gasteiger partial charge in [-0.15, -0.1) is 10.2 Å². The number of ketones is 1. The summed E-state index contributed by atoms with van der Waals surface area (Å²) in [6.45, 7) is 6.40. The van der Waals surface area contributed by atoms with Gasteiger partial charge >= 0.3 is 5.69 Å². The average Bonchev–Trinajstić information content (AvgIpc) is 3.61. The van der Waals surface area contributed by atoms with Crippen LogP contribution in [0.3, 0.4) is 0 Å². The van der Waals surface area contributed by atoms with Crippen LogP contribution in [-0.2, 0) is 17.8 Å². The normalized spacial score (nSPS) is 19.3. The van der Waals surface area contributed by atoms with Crippen LogP contribution in [0.15, 0.2) is 53.6 Å². The summed E-state index contributed by atoms with van der Waals surface area (Å²) in [6.07, 6.45) is 10.7. The summed E-state index contributed by atoms with van der Waals surface area (Å²) in [5, 5.41) is 14.5. The Hall–Kier alpha value is -3.88. The first kappa shape index (κ1) is 26.7. The lowest BCUT2D eigenvalue weighted by atomic mass is 9.74. The summed E-state index contributed by atoms with van der Waals surface area (Å²) in [4.78, 5) is 31.3. The highest BCUT2D eigenvalue weighted by atomic mass is 16.2. The van der Waals surface area contributed by atoms with E-state index in [1.165, 1.54) is 0 Å². The predicted octanol–water partition coefficient (Wildman–Crippen LogP) is 5.24. The van der Waals surface area contributed by atoms with E-state index in [2.05, 4.69) is 34.5 Å². The van der Waals surface area contributed by atoms with Crippen molar-refractivity contribution in [3.63, 3.8) is 0 Å². The lowest BCUT2D eigenvalue weighted by molar-refractivity contribution is -0.124. The fraction of sp³-hybridized carbons (Fsp3) is 0.467. The van der Waals surface area contributed by atoms with E-state index in [0.717, 1.165) is 73.0 Å². The van der Waals surface area contributed by atoms with E-state index in [1.807, 2.05) is 57.9 Å². The largest absolute Gasteiger partial charge is 0.328 e. The summed E-state index contributed by atoms with van der Waals surface area (Å²) in [7, 11) is 0. The second kappa shape index (κ2) is 11.9. The molecule has 0 spiro atoms. The minimum absolute atomic E-state index is 0.0361. The highest BCUT2D eigenvalue weighted by Gasteiger charge is 2.37. The number of aromatic nitrogens is 7. The van der Waals surface area contributed by atoms with Gasteiger partial charge in [0, 0.05) is 35.1 Å². The molecule has 3 heterocycles. The minimum Gasteiger partial charge on any atom is -0.300 e. The first-order chi connectivity index (χ1) is 19.0. The fourth-order valence-corrected chi connectivity index (χ4v) is 6.11. The van der Waals surface area contributed by atoms with E-state index in [0.29, 0.717) is 18.3 Å². The molecular weight excluding hydrogens is 490 g/mol. The molecule has 1 aliphatic rings. The van der Waals surface area contributed by atoms with Crippen molar-refractivity contribution < 1.29 is 4.79 Å². The monoisotopic (exact) mass is 527 g/mol. The first-order valence-corrected chi connectivity index (χ1v) is 14.1. The molecule has 1 aliphatic carbocycles. The number of nitrogens with one attached hydrogen (secondary N) is 1. The first-order valence-electron chi connectivity index (χ1n) is 14.1. The number of aromatic amines is 1. The van der Waals surface area contributed by atoms with E-state index < -0.39 is 0 Å². The SMILES string of the molecule is CCCCc1cn(C2C(CC)CCCC2C(C)=O)c(=O)n1Cc1ccc(-c2ccccc2-c2nn[nH]n2)cn1. The van der Waals surface area contributed by atoms with Crippen LogP contribution < -0.4 is 5.69 Å². The van der Waals surface area contributed by atoms with Gasteiger partial charge in [-0.2, -0.15) is 5.21 Å². The third kappa shape index (κ3) is 5.48. The molecule has 0 radical (unpaired) electrons. The van der Waals surface area contributed by atoms with Gasteiger partial charge < -0.3 is 0 Å². The number of hydrogen-bond acceptors (Lipinski definition) is 6. The van der Waals surface area contributed by atoms with Gasteiger partial charge in [0.05, 0.1) is 18.3 Å². The van der Waals surface area contributed by atoms with Crippen molar-refractivity contribution in [3.05, 3.63) is 70.7 Å². The number of benzene rings is 1. The molecule has 0 amide bonds. The lowest BCUT2D eigenvalue weighted by Gasteiger charge is -2.37. The Bertz CT molecular complexity index is 1450. The lowest BCUT2D eigenvalue weighted by Crippen LogP contribution is -2.39. The van der Waals surface area contributed by atoms with Crippen LogP contribution in [0.5, 0.6) is 0 Å². The highest BCUT2D eigenvalue weighted by molar-refractivity contribution is 5.80. The summed E-state index contributed by atoms with van der Waals surface area (Å²) >= 11 is 0. The Balaban J connectivity index is 1.47. The number of H-pyrrole nitrogens is 1. The van der Waals surface area contributed by atoms with Crippen molar-refractivity contribution >= 4 is 5.78 Å². The van der Waals surface area contributed by atoms with Crippen molar-refractivity contribution in [2.75, 3.05) is 0 Å². The zero-order chi connectivity index (χ0) is 27.4. The number of rotatable bonds is 10. The third-order valence-electron chi connectivity index (χ3n) is 8.20. The number of hydrogen-bond donors (Lipinski definition) is 1. The second-order valence-electron chi connectivity index (χ2n) is 10.6. The molecule has 4 aromatic rings. The highest BCUT2D eigenvalue weighted by Crippen LogP contribution is 2.40. The van der Waals surface area contributed by atoms with Gasteiger partial charge in [0.2, 0.25) is 5.82 Å². The number of carbonyl (C=O) groups is 1. The van der Waals surface area contributed by atoms with E-state index in [4.69, 9.17) is 4.98 Å². The third-order valence-corrected chi connectivity index (χ3v) is 8.20. The number of unbranched alkanes of at least 4 members (excludes halogenated alkanes) is 1. The van der Waals surface area contributed by atoms with Crippen LogP contribution in [0.25, 0.3) is 22.5 Å². The van der Waals surface area contributed by atoms with Crippen molar-refractivity contribution in [3.8, 4) is 22.5 Å². The molecule has 1 aromatic carbocycles. The zero-order valence-electron chi connectivity index (χ0n) is 23.0. The molecule has 9 heteroatoms. The van der Waals surface area contributed by atoms with Crippen molar-refractivity contribution in [1.82, 2.24) is 34.7 Å². The smallest absolute Gasteiger partial charge is 0.300 e. The Morgan fingerprint density at radius 3 is 2.59 bits per heavy atom. The predicted molar refractivity (Wildman–Crippen MR) is 150 cm³/mol. The van der Waals surface area contributed by atoms with Crippen LogP contribution in [0, 0.1) is 11.8 Å². The summed E-state index contributed by atoms with van der Waals surface area (Å²) in [5.74, 6) is 0.941. The fourth-order valence-electron chi connectivity index (χ4n) is 6.11. The number of tetrazole rings is 1. The van der Waals surface area contributed by atoms with E-state index in [1.54, 1.807) is 6.92 Å². The molecule has 9 nitrogen and oxygen atoms in total. The second-order valence-corrected chi connectivity index (χ2v) is 10.6. The summed E-state index contributed by atoms with van der Waals surface area (Å²) in [5.41, 5.74) is 4.56. The number of aryl methyl sites for hydroxylation is 1. The average molecular weight is 528 g/mol. The number of nitrogens with zero attached hydrogens (tertiary/aromatic N) is 6. The van der Waals surface area contributed by atoms with Gasteiger partial charge in [-0.1, -0.05) is 63.4 Å². The maximum absolute atomic E-state index is 13.9. The molecule has 3 atom stereocenters. The standard InChI is InChI=1S/C30H37N7O2/c1-4-6-11-24-19-37(28-21(5-2)10-9-14-25(28)20(3)38)30(39)36(24)18-23-16-15-22(17-31-23)26-12-7-8-13-27(26)29-32-34-35-33-29/h7-8,12-13,15-17,19,21,25,28H,4-6,9-11,14,18H2,1-3H3,(H,32,33,34,35). The Labute approximate surface area is 228 Å². The van der Waals surface area contributed by atoms with Gasteiger partial charge in [0.15, 0.2) is 0 Å². The van der Waals surface area contributed by atoms with Crippen LogP contribution in [-0.4, -0.2) is 40.5 Å². The molecule has 1 saturated carbocycles. The molecule has 1 N–H and O–H groups in total. The molecule has 204 valence electrons. The maximum atomic E-state index is 13.9. The minimum atomic E-state index is -0.104. The quantitative estimate of drug-likeness (QED) is 0.302. The molecule has 1 fully saturated rings. The maximum Gasteiger partial charge on any atom is 0.328 e. The van der Waals surface area contributed by atoms with Crippen LogP contribution in [0.1, 0.15) is 76.7 Å². The van der Waals surface area contributed by atoms with Gasteiger partial charge in [-0.3, -0.25) is 18.9 Å². The van der Waals surface area contributed by atoms with Crippen molar-refractivity contribution in [2.45, 2.75) is 78.3 Å². The Kier molecular flexibility index (Phi) is 8.14. The van der Waals surface area contributed by atoms with Gasteiger partial charge in [0.1, 0.15) is 5.78 Å². The molecule has 3 unspecified atom stereocenters. The number of carbonyl (C=O) groups excluding carboxylic acids is 1. The number of imidazole rings is 1. The topological polar surface area (TPSA) is 111 Å². The van der Waals surface area contributed by atoms with E-state index >= 15 is 0 Å². The Morgan fingerprint density at radius 2 is 1.92 bits per heavy atom. The van der Waals surface area contributed by atoms with Crippen LogP contribution in [0.2, 0.25) is 0 Å². The summed E-state index contributed by atoms with van der Waals surface area (Å²) in [6, 6.07) is 11.8. The van der Waals surface area contributed by atoms with Crippen molar-refractivity contribution in [2.24, 2.45) is 11.8 Å². The van der Waals surface area contributed by atoms with Crippen molar-refractivity contribution in [1.29, 1.82) is 0 Å². The molecular formula is C30H37N7O2. The summed E-state index contributed by atoms with van der Waals surface area (Å²) < 4.78 is 3.75. The molecule has 5 rings (SSSR count). The van der Waals surface area contributed by atoms with Gasteiger partial charge in [-0.25, -0.2) is 4.79 Å². The molecule has 39 heavy (non-hydrogen) atoms.